The van der Waals surface area contributed by atoms with Crippen LogP contribution in [0.3, 0.4) is 0 Å². The van der Waals surface area contributed by atoms with Crippen LogP contribution < -0.4 is 15.8 Å². The summed E-state index contributed by atoms with van der Waals surface area (Å²) in [6, 6.07) is 15.0. The van der Waals surface area contributed by atoms with Crippen molar-refractivity contribution in [2.24, 2.45) is 5.73 Å². The highest BCUT2D eigenvalue weighted by molar-refractivity contribution is 5.94. The zero-order chi connectivity index (χ0) is 13.9. The van der Waals surface area contributed by atoms with Crippen LogP contribution in [0.5, 0.6) is 5.75 Å². The molecule has 0 saturated carbocycles. The first-order chi connectivity index (χ1) is 9.78. The Morgan fingerprint density at radius 1 is 1.20 bits per heavy atom. The minimum absolute atomic E-state index is 0.0899. The van der Waals surface area contributed by atoms with Crippen molar-refractivity contribution in [3.8, 4) is 5.75 Å². The maximum Gasteiger partial charge on any atom is 0.251 e. The van der Waals surface area contributed by atoms with E-state index in [0.29, 0.717) is 18.7 Å². The standard InChI is InChI=1S/C16H16N2O2/c17-9-11-5-7-12(8-6-11)16(19)18-14-10-20-15-4-2-1-3-13(14)15/h1-8,14H,9-10,17H2,(H,18,19). The third-order valence-corrected chi connectivity index (χ3v) is 3.46. The third kappa shape index (κ3) is 2.38. The van der Waals surface area contributed by atoms with Crippen LogP contribution in [-0.4, -0.2) is 12.5 Å². The summed E-state index contributed by atoms with van der Waals surface area (Å²) >= 11 is 0. The number of carbonyl (C=O) groups excluding carboxylic acids is 1. The van der Waals surface area contributed by atoms with Crippen molar-refractivity contribution in [3.05, 3.63) is 65.2 Å². The quantitative estimate of drug-likeness (QED) is 0.895. The van der Waals surface area contributed by atoms with Gasteiger partial charge in [0.05, 0.1) is 6.04 Å². The van der Waals surface area contributed by atoms with E-state index < -0.39 is 0 Å². The van der Waals surface area contributed by atoms with E-state index >= 15 is 0 Å². The number of hydrogen-bond donors (Lipinski definition) is 2. The maximum absolute atomic E-state index is 12.2. The molecule has 3 N–H and O–H groups in total. The zero-order valence-corrected chi connectivity index (χ0v) is 11.0. The molecule has 0 fully saturated rings. The van der Waals surface area contributed by atoms with E-state index in [0.717, 1.165) is 16.9 Å². The highest BCUT2D eigenvalue weighted by Crippen LogP contribution is 2.31. The Kier molecular flexibility index (Phi) is 3.39. The molecule has 0 spiro atoms. The molecule has 0 aliphatic carbocycles. The minimum atomic E-state index is -0.0983. The summed E-state index contributed by atoms with van der Waals surface area (Å²) in [5, 5.41) is 2.99. The topological polar surface area (TPSA) is 64.4 Å². The summed E-state index contributed by atoms with van der Waals surface area (Å²) in [5.74, 6) is 0.746. The van der Waals surface area contributed by atoms with Crippen LogP contribution in [0.2, 0.25) is 0 Å². The lowest BCUT2D eigenvalue weighted by molar-refractivity contribution is 0.0930. The molecule has 0 aromatic heterocycles. The Labute approximate surface area is 117 Å². The van der Waals surface area contributed by atoms with Gasteiger partial charge in [0.25, 0.3) is 5.91 Å². The van der Waals surface area contributed by atoms with Crippen molar-refractivity contribution in [2.75, 3.05) is 6.61 Å². The van der Waals surface area contributed by atoms with Crippen molar-refractivity contribution < 1.29 is 9.53 Å². The molecule has 20 heavy (non-hydrogen) atoms. The zero-order valence-electron chi connectivity index (χ0n) is 11.0. The van der Waals surface area contributed by atoms with Crippen molar-refractivity contribution in [1.82, 2.24) is 5.32 Å². The Morgan fingerprint density at radius 3 is 2.70 bits per heavy atom. The van der Waals surface area contributed by atoms with Gasteiger partial charge in [0.2, 0.25) is 0 Å². The van der Waals surface area contributed by atoms with E-state index in [4.69, 9.17) is 10.5 Å². The number of amides is 1. The summed E-state index contributed by atoms with van der Waals surface area (Å²) in [5.41, 5.74) is 8.21. The molecule has 4 heteroatoms. The average molecular weight is 268 g/mol. The molecule has 2 aromatic rings. The van der Waals surface area contributed by atoms with Gasteiger partial charge in [0, 0.05) is 17.7 Å². The van der Waals surface area contributed by atoms with Crippen LogP contribution >= 0.6 is 0 Å². The van der Waals surface area contributed by atoms with Gasteiger partial charge in [-0.15, -0.1) is 0 Å². The molecular formula is C16H16N2O2. The van der Waals surface area contributed by atoms with E-state index in [-0.39, 0.29) is 11.9 Å². The second-order valence-electron chi connectivity index (χ2n) is 4.78. The number of para-hydroxylation sites is 1. The Bertz CT molecular complexity index is 623. The van der Waals surface area contributed by atoms with Crippen LogP contribution in [0.15, 0.2) is 48.5 Å². The molecule has 1 heterocycles. The number of rotatable bonds is 3. The lowest BCUT2D eigenvalue weighted by atomic mass is 10.1. The van der Waals surface area contributed by atoms with E-state index in [2.05, 4.69) is 5.32 Å². The van der Waals surface area contributed by atoms with Crippen molar-refractivity contribution in [1.29, 1.82) is 0 Å². The van der Waals surface area contributed by atoms with E-state index in [1.807, 2.05) is 36.4 Å². The Hall–Kier alpha value is -2.33. The highest BCUT2D eigenvalue weighted by atomic mass is 16.5. The predicted molar refractivity (Wildman–Crippen MR) is 76.5 cm³/mol. The lowest BCUT2D eigenvalue weighted by Crippen LogP contribution is -2.29. The highest BCUT2D eigenvalue weighted by Gasteiger charge is 2.25. The van der Waals surface area contributed by atoms with Crippen LogP contribution in [-0.2, 0) is 6.54 Å². The molecule has 0 saturated heterocycles. The monoisotopic (exact) mass is 268 g/mol. The molecule has 1 atom stereocenters. The number of benzene rings is 2. The average Bonchev–Trinajstić information content (AvgIpc) is 2.91. The van der Waals surface area contributed by atoms with Gasteiger partial charge in [0.1, 0.15) is 12.4 Å². The van der Waals surface area contributed by atoms with Crippen LogP contribution in [0.25, 0.3) is 0 Å². The number of ether oxygens (including phenoxy) is 1. The van der Waals surface area contributed by atoms with Gasteiger partial charge < -0.3 is 15.8 Å². The molecule has 1 unspecified atom stereocenters. The van der Waals surface area contributed by atoms with E-state index in [9.17, 15) is 4.79 Å². The van der Waals surface area contributed by atoms with Crippen molar-refractivity contribution >= 4 is 5.91 Å². The van der Waals surface area contributed by atoms with Gasteiger partial charge >= 0.3 is 0 Å². The molecular weight excluding hydrogens is 252 g/mol. The normalized spacial score (nSPS) is 16.4. The maximum atomic E-state index is 12.2. The molecule has 3 rings (SSSR count). The molecule has 1 amide bonds. The smallest absolute Gasteiger partial charge is 0.251 e. The van der Waals surface area contributed by atoms with Crippen LogP contribution in [0, 0.1) is 0 Å². The lowest BCUT2D eigenvalue weighted by Gasteiger charge is -2.12. The Morgan fingerprint density at radius 2 is 1.95 bits per heavy atom. The summed E-state index contributed by atoms with van der Waals surface area (Å²) in [7, 11) is 0. The number of hydrogen-bond acceptors (Lipinski definition) is 3. The van der Waals surface area contributed by atoms with Gasteiger partial charge in [-0.2, -0.15) is 0 Å². The molecule has 0 bridgehead atoms. The van der Waals surface area contributed by atoms with Gasteiger partial charge in [-0.3, -0.25) is 4.79 Å². The second-order valence-corrected chi connectivity index (χ2v) is 4.78. The minimum Gasteiger partial charge on any atom is -0.491 e. The summed E-state index contributed by atoms with van der Waals surface area (Å²) in [4.78, 5) is 12.2. The number of fused-ring (bicyclic) bond motifs is 1. The van der Waals surface area contributed by atoms with Gasteiger partial charge in [0.15, 0.2) is 0 Å². The molecule has 0 radical (unpaired) electrons. The predicted octanol–water partition coefficient (Wildman–Crippen LogP) is 2.01. The van der Waals surface area contributed by atoms with Crippen LogP contribution in [0.1, 0.15) is 27.5 Å². The second kappa shape index (κ2) is 5.35. The first kappa shape index (κ1) is 12.7. The molecule has 4 nitrogen and oxygen atoms in total. The van der Waals surface area contributed by atoms with Gasteiger partial charge in [-0.25, -0.2) is 0 Å². The molecule has 2 aromatic carbocycles. The third-order valence-electron chi connectivity index (χ3n) is 3.46. The van der Waals surface area contributed by atoms with E-state index in [1.165, 1.54) is 0 Å². The summed E-state index contributed by atoms with van der Waals surface area (Å²) in [6.45, 7) is 0.956. The summed E-state index contributed by atoms with van der Waals surface area (Å²) in [6.07, 6.45) is 0. The van der Waals surface area contributed by atoms with Crippen molar-refractivity contribution in [2.45, 2.75) is 12.6 Å². The van der Waals surface area contributed by atoms with Gasteiger partial charge in [-0.05, 0) is 23.8 Å². The molecule has 1 aliphatic heterocycles. The molecule has 1 aliphatic rings. The first-order valence-corrected chi connectivity index (χ1v) is 6.59. The fraction of sp³-hybridized carbons (Fsp3) is 0.188. The summed E-state index contributed by atoms with van der Waals surface area (Å²) < 4.78 is 5.55. The number of carbonyl (C=O) groups is 1. The number of nitrogens with two attached hydrogens (primary N) is 1. The van der Waals surface area contributed by atoms with Gasteiger partial charge in [-0.1, -0.05) is 30.3 Å². The van der Waals surface area contributed by atoms with Crippen LogP contribution in [0.4, 0.5) is 0 Å². The number of nitrogens with one attached hydrogen (secondary N) is 1. The van der Waals surface area contributed by atoms with Crippen molar-refractivity contribution in [3.63, 3.8) is 0 Å². The Balaban J connectivity index is 1.73. The fourth-order valence-corrected chi connectivity index (χ4v) is 2.32. The first-order valence-electron chi connectivity index (χ1n) is 6.59. The molecule has 102 valence electrons. The largest absolute Gasteiger partial charge is 0.491 e. The fourth-order valence-electron chi connectivity index (χ4n) is 2.32. The SMILES string of the molecule is NCc1ccc(C(=O)NC2COc3ccccc32)cc1. The van der Waals surface area contributed by atoms with E-state index in [1.54, 1.807) is 12.1 Å².